The molecule has 1 N–H and O–H groups in total. The molecule has 1 aromatic heterocycles. The lowest BCUT2D eigenvalue weighted by Crippen LogP contribution is -1.85. The molecule has 0 bridgehead atoms. The number of hydrogen-bond donors (Lipinski definition) is 1. The van der Waals surface area contributed by atoms with Crippen molar-refractivity contribution >= 4 is 12.0 Å². The second kappa shape index (κ2) is 7.70. The van der Waals surface area contributed by atoms with E-state index in [2.05, 4.69) is 15.4 Å². The van der Waals surface area contributed by atoms with Gasteiger partial charge in [0.2, 0.25) is 0 Å². The highest BCUT2D eigenvalue weighted by Crippen LogP contribution is 1.99. The van der Waals surface area contributed by atoms with E-state index in [0.717, 1.165) is 11.6 Å². The highest BCUT2D eigenvalue weighted by molar-refractivity contribution is 5.85. The second-order valence-electron chi connectivity index (χ2n) is 2.89. The molecule has 5 heteroatoms. The van der Waals surface area contributed by atoms with Crippen LogP contribution in [0.2, 0.25) is 0 Å². The number of benzene rings is 1. The highest BCUT2D eigenvalue weighted by atomic mass is 16.4. The van der Waals surface area contributed by atoms with Gasteiger partial charge in [0.15, 0.2) is 0 Å². The molecule has 0 aliphatic heterocycles. The number of carbonyl (C=O) groups is 1. The number of carboxylic acids is 1. The van der Waals surface area contributed by atoms with Gasteiger partial charge >= 0.3 is 5.97 Å². The molecule has 1 aromatic carbocycles. The third-order valence-electron chi connectivity index (χ3n) is 1.63. The van der Waals surface area contributed by atoms with Crippen LogP contribution >= 0.6 is 0 Å². The van der Waals surface area contributed by atoms with E-state index >= 15 is 0 Å². The Balaban J connectivity index is 0.000000202. The molecule has 2 rings (SSSR count). The molecular formula is C12H11N3O2. The quantitative estimate of drug-likeness (QED) is 0.792. The minimum atomic E-state index is -0.922. The normalized spacial score (nSPS) is 9.41. The minimum absolute atomic E-state index is 0.898. The molecule has 1 heterocycles. The SMILES string of the molecule is O=C(O)C=Cc1ccccc1.c1cnnnc1. The summed E-state index contributed by atoms with van der Waals surface area (Å²) in [6.07, 6.45) is 5.83. The summed E-state index contributed by atoms with van der Waals surface area (Å²) >= 11 is 0. The molecule has 0 fully saturated rings. The standard InChI is InChI=1S/C9H8O2.C3H3N3/c10-9(11)7-6-8-4-2-1-3-5-8;1-2-4-6-5-3-1/h1-7H,(H,10,11);1-3H. The highest BCUT2D eigenvalue weighted by Gasteiger charge is 1.85. The predicted octanol–water partition coefficient (Wildman–Crippen LogP) is 1.66. The Kier molecular flexibility index (Phi) is 5.66. The van der Waals surface area contributed by atoms with E-state index in [1.807, 2.05) is 30.3 Å². The number of nitrogens with zero attached hydrogens (tertiary/aromatic N) is 3. The maximum absolute atomic E-state index is 10.1. The molecule has 17 heavy (non-hydrogen) atoms. The van der Waals surface area contributed by atoms with Crippen molar-refractivity contribution in [1.82, 2.24) is 15.4 Å². The maximum atomic E-state index is 10.1. The molecule has 0 radical (unpaired) electrons. The van der Waals surface area contributed by atoms with E-state index < -0.39 is 5.97 Å². The lowest BCUT2D eigenvalue weighted by molar-refractivity contribution is -0.131. The largest absolute Gasteiger partial charge is 0.478 e. The van der Waals surface area contributed by atoms with Crippen LogP contribution in [0, 0.1) is 0 Å². The zero-order chi connectivity index (χ0) is 12.3. The lowest BCUT2D eigenvalue weighted by atomic mass is 10.2. The first-order valence-corrected chi connectivity index (χ1v) is 4.83. The summed E-state index contributed by atoms with van der Waals surface area (Å²) in [4.78, 5) is 10.1. The smallest absolute Gasteiger partial charge is 0.328 e. The fourth-order valence-electron chi connectivity index (χ4n) is 0.937. The molecule has 5 nitrogen and oxygen atoms in total. The summed E-state index contributed by atoms with van der Waals surface area (Å²) in [5, 5.41) is 18.4. The van der Waals surface area contributed by atoms with Crippen molar-refractivity contribution < 1.29 is 9.90 Å². The van der Waals surface area contributed by atoms with Crippen molar-refractivity contribution in [2.24, 2.45) is 0 Å². The Morgan fingerprint density at radius 2 is 1.71 bits per heavy atom. The molecule has 0 spiro atoms. The average molecular weight is 229 g/mol. The number of aliphatic carboxylic acids is 1. The summed E-state index contributed by atoms with van der Waals surface area (Å²) in [5.41, 5.74) is 0.898. The first kappa shape index (κ1) is 12.5. The van der Waals surface area contributed by atoms with Gasteiger partial charge in [0.1, 0.15) is 0 Å². The van der Waals surface area contributed by atoms with Gasteiger partial charge in [-0.2, -0.15) is 0 Å². The fraction of sp³-hybridized carbons (Fsp3) is 0. The van der Waals surface area contributed by atoms with Crippen molar-refractivity contribution in [3.8, 4) is 0 Å². The van der Waals surface area contributed by atoms with Crippen LogP contribution in [0.5, 0.6) is 0 Å². The van der Waals surface area contributed by atoms with E-state index in [9.17, 15) is 4.79 Å². The summed E-state index contributed by atoms with van der Waals surface area (Å²) in [5.74, 6) is -0.922. The van der Waals surface area contributed by atoms with Crippen LogP contribution in [-0.4, -0.2) is 26.5 Å². The molecule has 0 aliphatic rings. The van der Waals surface area contributed by atoms with E-state index in [-0.39, 0.29) is 0 Å². The molecule has 86 valence electrons. The van der Waals surface area contributed by atoms with Gasteiger partial charge in [0.05, 0.1) is 12.4 Å². The lowest BCUT2D eigenvalue weighted by Gasteiger charge is -1.87. The van der Waals surface area contributed by atoms with Crippen molar-refractivity contribution in [1.29, 1.82) is 0 Å². The molecule has 0 amide bonds. The van der Waals surface area contributed by atoms with Crippen LogP contribution < -0.4 is 0 Å². The van der Waals surface area contributed by atoms with Gasteiger partial charge in [-0.05, 0) is 22.9 Å². The van der Waals surface area contributed by atoms with Gasteiger partial charge in [-0.15, -0.1) is 10.2 Å². The van der Waals surface area contributed by atoms with Crippen molar-refractivity contribution in [3.05, 3.63) is 60.4 Å². The van der Waals surface area contributed by atoms with Gasteiger partial charge in [0, 0.05) is 6.08 Å². The van der Waals surface area contributed by atoms with Crippen LogP contribution in [0.25, 0.3) is 6.08 Å². The zero-order valence-corrected chi connectivity index (χ0v) is 8.97. The first-order chi connectivity index (χ1) is 8.29. The van der Waals surface area contributed by atoms with E-state index in [4.69, 9.17) is 5.11 Å². The Morgan fingerprint density at radius 3 is 2.12 bits per heavy atom. The predicted molar refractivity (Wildman–Crippen MR) is 62.9 cm³/mol. The second-order valence-corrected chi connectivity index (χ2v) is 2.89. The summed E-state index contributed by atoms with van der Waals surface area (Å²) in [6, 6.07) is 11.0. The third-order valence-corrected chi connectivity index (χ3v) is 1.63. The summed E-state index contributed by atoms with van der Waals surface area (Å²) in [6.45, 7) is 0. The Bertz CT molecular complexity index is 431. The van der Waals surface area contributed by atoms with Crippen molar-refractivity contribution in [3.63, 3.8) is 0 Å². The molecule has 2 aromatic rings. The van der Waals surface area contributed by atoms with Crippen LogP contribution in [-0.2, 0) is 4.79 Å². The minimum Gasteiger partial charge on any atom is -0.478 e. The van der Waals surface area contributed by atoms with Gasteiger partial charge in [0.25, 0.3) is 0 Å². The molecule has 0 saturated heterocycles. The van der Waals surface area contributed by atoms with Gasteiger partial charge < -0.3 is 5.11 Å². The third kappa shape index (κ3) is 6.51. The number of hydrogen-bond acceptors (Lipinski definition) is 4. The van der Waals surface area contributed by atoms with Crippen molar-refractivity contribution in [2.75, 3.05) is 0 Å². The van der Waals surface area contributed by atoms with Crippen molar-refractivity contribution in [2.45, 2.75) is 0 Å². The number of carboxylic acid groups (broad SMARTS) is 1. The van der Waals surface area contributed by atoms with Crippen LogP contribution in [0.1, 0.15) is 5.56 Å². The topological polar surface area (TPSA) is 76.0 Å². The Labute approximate surface area is 98.5 Å². The van der Waals surface area contributed by atoms with E-state index in [1.54, 1.807) is 24.5 Å². The van der Waals surface area contributed by atoms with Gasteiger partial charge in [-0.3, -0.25) is 0 Å². The summed E-state index contributed by atoms with van der Waals surface area (Å²) in [7, 11) is 0. The molecule has 0 aliphatic carbocycles. The monoisotopic (exact) mass is 229 g/mol. The first-order valence-electron chi connectivity index (χ1n) is 4.83. The van der Waals surface area contributed by atoms with Crippen LogP contribution in [0.3, 0.4) is 0 Å². The van der Waals surface area contributed by atoms with Crippen LogP contribution in [0.15, 0.2) is 54.9 Å². The average Bonchev–Trinajstić information content (AvgIpc) is 2.40. The number of rotatable bonds is 2. The van der Waals surface area contributed by atoms with Gasteiger partial charge in [-0.25, -0.2) is 4.79 Å². The molecular weight excluding hydrogens is 218 g/mol. The number of aromatic nitrogens is 3. The summed E-state index contributed by atoms with van der Waals surface area (Å²) < 4.78 is 0. The van der Waals surface area contributed by atoms with E-state index in [1.165, 1.54) is 0 Å². The van der Waals surface area contributed by atoms with E-state index in [0.29, 0.717) is 0 Å². The Hall–Kier alpha value is -2.56. The molecule has 0 atom stereocenters. The van der Waals surface area contributed by atoms with Gasteiger partial charge in [-0.1, -0.05) is 30.3 Å². The Morgan fingerprint density at radius 1 is 1.06 bits per heavy atom. The molecule has 0 unspecified atom stereocenters. The maximum Gasteiger partial charge on any atom is 0.328 e. The van der Waals surface area contributed by atoms with Crippen LogP contribution in [0.4, 0.5) is 0 Å². The molecule has 0 saturated carbocycles. The fourth-order valence-corrected chi connectivity index (χ4v) is 0.937. The zero-order valence-electron chi connectivity index (χ0n) is 8.97.